The lowest BCUT2D eigenvalue weighted by Crippen LogP contribution is -2.26. The summed E-state index contributed by atoms with van der Waals surface area (Å²) < 4.78 is 2.21. The zero-order valence-electron chi connectivity index (χ0n) is 25.3. The van der Waals surface area contributed by atoms with E-state index in [4.69, 9.17) is 4.98 Å². The van der Waals surface area contributed by atoms with Gasteiger partial charge in [-0.1, -0.05) is 90.9 Å². The van der Waals surface area contributed by atoms with E-state index in [1.165, 1.54) is 46.4 Å². The van der Waals surface area contributed by atoms with Crippen molar-refractivity contribution in [2.75, 3.05) is 13.1 Å². The number of aromatic nitrogens is 3. The molecule has 0 unspecified atom stereocenters. The molecule has 4 aromatic rings. The largest absolute Gasteiger partial charge is 0.317 e. The van der Waals surface area contributed by atoms with Crippen molar-refractivity contribution in [2.45, 2.75) is 81.1 Å². The quantitative estimate of drug-likeness (QED) is 0.222. The molecule has 0 spiro atoms. The lowest BCUT2D eigenvalue weighted by molar-refractivity contribution is 0.460. The molecule has 39 heavy (non-hydrogen) atoms. The van der Waals surface area contributed by atoms with Crippen LogP contribution in [0.3, 0.4) is 0 Å². The third kappa shape index (κ3) is 8.54. The van der Waals surface area contributed by atoms with Crippen molar-refractivity contribution in [3.63, 3.8) is 0 Å². The highest BCUT2D eigenvalue weighted by Gasteiger charge is 2.19. The predicted molar refractivity (Wildman–Crippen MR) is 183 cm³/mol. The number of benzene rings is 2. The highest BCUT2D eigenvalue weighted by Crippen LogP contribution is 2.38. The van der Waals surface area contributed by atoms with Crippen molar-refractivity contribution < 1.29 is 0 Å². The van der Waals surface area contributed by atoms with Crippen molar-refractivity contribution in [1.82, 2.24) is 19.3 Å². The minimum Gasteiger partial charge on any atom is -0.317 e. The Morgan fingerprint density at radius 2 is 1.54 bits per heavy atom. The van der Waals surface area contributed by atoms with Gasteiger partial charge in [0.2, 0.25) is 0 Å². The molecule has 2 aromatic heterocycles. The van der Waals surface area contributed by atoms with Gasteiger partial charge in [-0.3, -0.25) is 3.97 Å². The summed E-state index contributed by atoms with van der Waals surface area (Å²) in [6, 6.07) is 17.8. The molecule has 212 valence electrons. The van der Waals surface area contributed by atoms with Crippen molar-refractivity contribution in [2.24, 2.45) is 5.92 Å². The van der Waals surface area contributed by atoms with E-state index in [9.17, 15) is 0 Å². The molecule has 3 heterocycles. The van der Waals surface area contributed by atoms with Crippen molar-refractivity contribution in [3.8, 4) is 22.5 Å². The molecule has 1 aliphatic heterocycles. The Morgan fingerprint density at radius 3 is 2.13 bits per heavy atom. The van der Waals surface area contributed by atoms with Gasteiger partial charge >= 0.3 is 0 Å². The summed E-state index contributed by atoms with van der Waals surface area (Å²) in [5, 5.41) is 4.55. The molecule has 0 amide bonds. The van der Waals surface area contributed by atoms with Gasteiger partial charge in [-0.15, -0.1) is 0 Å². The highest BCUT2D eigenvalue weighted by atomic mass is 127. The maximum absolute atomic E-state index is 4.69. The Balaban J connectivity index is 0.000000602. The van der Waals surface area contributed by atoms with Crippen LogP contribution in [0.25, 0.3) is 33.5 Å². The molecule has 4 nitrogen and oxygen atoms in total. The summed E-state index contributed by atoms with van der Waals surface area (Å²) in [6.07, 6.45) is 4.13. The van der Waals surface area contributed by atoms with E-state index in [0.29, 0.717) is 5.92 Å². The van der Waals surface area contributed by atoms with Crippen LogP contribution in [-0.4, -0.2) is 27.0 Å². The number of hydrogen-bond donors (Lipinski definition) is 1. The molecule has 0 radical (unpaired) electrons. The number of nitrogens with one attached hydrogen (secondary N) is 1. The average Bonchev–Trinajstić information content (AvgIpc) is 3.36. The van der Waals surface area contributed by atoms with Crippen LogP contribution in [0.1, 0.15) is 83.9 Å². The van der Waals surface area contributed by atoms with E-state index >= 15 is 0 Å². The third-order valence-corrected chi connectivity index (χ3v) is 8.19. The first-order valence-electron chi connectivity index (χ1n) is 14.4. The van der Waals surface area contributed by atoms with Gasteiger partial charge in [0.25, 0.3) is 0 Å². The van der Waals surface area contributed by atoms with Crippen LogP contribution in [0.4, 0.5) is 0 Å². The summed E-state index contributed by atoms with van der Waals surface area (Å²) >= 11 is 2.34. The van der Waals surface area contributed by atoms with E-state index in [2.05, 4.69) is 119 Å². The number of hydrogen-bond acceptors (Lipinski definition) is 4. The lowest BCUT2D eigenvalue weighted by Gasteiger charge is -2.23. The van der Waals surface area contributed by atoms with Crippen molar-refractivity contribution in [3.05, 3.63) is 71.5 Å². The topological polar surface area (TPSA) is 42.7 Å². The molecule has 1 N–H and O–H groups in total. The molecule has 1 fully saturated rings. The number of nitrogens with zero attached hydrogens (tertiary/aromatic N) is 3. The Hall–Kier alpha value is -1.90. The molecule has 0 atom stereocenters. The molecular formula is C33H47IN4S. The zero-order chi connectivity index (χ0) is 28.9. The molecule has 1 saturated heterocycles. The molecule has 5 rings (SSSR count). The van der Waals surface area contributed by atoms with Gasteiger partial charge in [0, 0.05) is 41.3 Å². The van der Waals surface area contributed by atoms with Crippen LogP contribution < -0.4 is 5.32 Å². The second-order valence-corrected chi connectivity index (χ2v) is 11.7. The second kappa shape index (κ2) is 17.0. The number of rotatable bonds is 4. The minimum absolute atomic E-state index is 0.668. The fraction of sp³-hybridized carbons (Fsp3) is 0.455. The highest BCUT2D eigenvalue weighted by molar-refractivity contribution is 14.2. The van der Waals surface area contributed by atoms with Gasteiger partial charge < -0.3 is 5.32 Å². The van der Waals surface area contributed by atoms with Gasteiger partial charge in [0.05, 0.1) is 11.4 Å². The summed E-state index contributed by atoms with van der Waals surface area (Å²) in [5.74, 6) is 1.50. The van der Waals surface area contributed by atoms with E-state index < -0.39 is 0 Å². The molecule has 6 heteroatoms. The lowest BCUT2D eigenvalue weighted by atomic mass is 9.89. The summed E-state index contributed by atoms with van der Waals surface area (Å²) in [7, 11) is 1.66. The van der Waals surface area contributed by atoms with E-state index in [1.54, 1.807) is 15.4 Å². The minimum atomic E-state index is 0.668. The Labute approximate surface area is 253 Å². The fourth-order valence-electron chi connectivity index (χ4n) is 4.56. The summed E-state index contributed by atoms with van der Waals surface area (Å²) in [6.45, 7) is 21.1. The van der Waals surface area contributed by atoms with Crippen LogP contribution in [0.5, 0.6) is 0 Å². The zero-order valence-corrected chi connectivity index (χ0v) is 28.3. The van der Waals surface area contributed by atoms with E-state index in [-0.39, 0.29) is 0 Å². The normalized spacial score (nSPS) is 13.1. The second-order valence-electron chi connectivity index (χ2n) is 9.98. The molecular weight excluding hydrogens is 611 g/mol. The molecule has 2 aromatic carbocycles. The van der Waals surface area contributed by atoms with Gasteiger partial charge in [-0.25, -0.2) is 9.97 Å². The maximum atomic E-state index is 4.69. The first kappa shape index (κ1) is 33.3. The fourth-order valence-corrected chi connectivity index (χ4v) is 6.20. The van der Waals surface area contributed by atoms with Crippen molar-refractivity contribution >= 4 is 41.4 Å². The van der Waals surface area contributed by atoms with E-state index in [1.807, 2.05) is 27.7 Å². The predicted octanol–water partition coefficient (Wildman–Crippen LogP) is 10.4. The smallest absolute Gasteiger partial charge is 0.155 e. The molecule has 0 bridgehead atoms. The van der Waals surface area contributed by atoms with Gasteiger partial charge in [0.1, 0.15) is 6.33 Å². The van der Waals surface area contributed by atoms with Crippen LogP contribution in [0.2, 0.25) is 0 Å². The Kier molecular flexibility index (Phi) is 14.5. The van der Waals surface area contributed by atoms with Crippen LogP contribution in [0, 0.1) is 19.8 Å². The average molecular weight is 659 g/mol. The molecule has 1 aliphatic rings. The van der Waals surface area contributed by atoms with Crippen LogP contribution in [-0.2, 0) is 0 Å². The maximum Gasteiger partial charge on any atom is 0.155 e. The number of piperidine rings is 1. The van der Waals surface area contributed by atoms with Gasteiger partial charge in [0.15, 0.2) is 5.65 Å². The van der Waals surface area contributed by atoms with Crippen LogP contribution >= 0.6 is 30.3 Å². The third-order valence-electron chi connectivity index (χ3n) is 6.50. The first-order chi connectivity index (χ1) is 18.9. The monoisotopic (exact) mass is 658 g/mol. The van der Waals surface area contributed by atoms with E-state index in [0.717, 1.165) is 35.7 Å². The molecule has 0 aliphatic carbocycles. The number of aryl methyl sites for hydroxylation is 1. The van der Waals surface area contributed by atoms with Crippen molar-refractivity contribution in [1.29, 1.82) is 0 Å². The molecule has 0 saturated carbocycles. The standard InChI is InChI=1S/C25H25IN4S.C4H10.2C2H6/c1-16-4-3-5-21(17(16)2)24-22-14-23(30(31-26)25(22)29-15-28-24)20-8-6-18(7-9-20)19-10-12-27-13-11-19;1-4(2)3;2*1-2/h3-9,14-15,19,27H,10-13H2,1-2H3;4H,1-3H3;2*1-2H3. The number of fused-ring (bicyclic) bond motifs is 1. The Bertz CT molecular complexity index is 1270. The summed E-state index contributed by atoms with van der Waals surface area (Å²) in [5.41, 5.74) is 9.52. The van der Waals surface area contributed by atoms with Gasteiger partial charge in [-0.05, 0) is 79.9 Å². The van der Waals surface area contributed by atoms with Crippen LogP contribution in [0.15, 0.2) is 54.9 Å². The Morgan fingerprint density at radius 1 is 0.923 bits per heavy atom. The SMILES string of the molecule is CC.CC.CC(C)C.Cc1cccc(-c2ncnc3c2cc(-c2ccc(C4CCNCC4)cc2)n3SI)c1C. The summed E-state index contributed by atoms with van der Waals surface area (Å²) in [4.78, 5) is 9.34. The first-order valence-corrected chi connectivity index (χ1v) is 17.8. The van der Waals surface area contributed by atoms with Gasteiger partial charge in [-0.2, -0.15) is 0 Å². The number of halogens is 1.